The molecule has 0 saturated carbocycles. The fourth-order valence-corrected chi connectivity index (χ4v) is 8.34. The molecule has 0 amide bonds. The van der Waals surface area contributed by atoms with Crippen LogP contribution in [0.1, 0.15) is 75.0 Å². The summed E-state index contributed by atoms with van der Waals surface area (Å²) in [5.41, 5.74) is 10.1. The SMILES string of the molecule is CS[C@H]1C=C(C)C(c2c(C)nn(-c3[c-]c(Oc4[c-]c5c(cc4)c4ccccc4n5-c4cc(C)ccn4)cc(C(C)(C)C)c3)c2C)[C@@H](C)C1.[Pt+2]. The predicted molar refractivity (Wildman–Crippen MR) is 200 cm³/mol. The molecule has 0 radical (unpaired) electrons. The summed E-state index contributed by atoms with van der Waals surface area (Å²) < 4.78 is 10.9. The molecule has 0 aliphatic heterocycles. The Labute approximate surface area is 309 Å². The van der Waals surface area contributed by atoms with Gasteiger partial charge in [-0.05, 0) is 86.5 Å². The number of aromatic nitrogens is 4. The molecule has 0 saturated heterocycles. The predicted octanol–water partition coefficient (Wildman–Crippen LogP) is 10.8. The van der Waals surface area contributed by atoms with Crippen LogP contribution in [-0.4, -0.2) is 30.8 Å². The minimum atomic E-state index is -0.109. The number of benzene rings is 3. The summed E-state index contributed by atoms with van der Waals surface area (Å²) in [4.78, 5) is 4.73. The molecule has 1 unspecified atom stereocenters. The first-order valence-electron chi connectivity index (χ1n) is 16.8. The summed E-state index contributed by atoms with van der Waals surface area (Å²) >= 11 is 1.95. The summed E-state index contributed by atoms with van der Waals surface area (Å²) in [7, 11) is 0. The van der Waals surface area contributed by atoms with Crippen LogP contribution in [0.3, 0.4) is 0 Å². The van der Waals surface area contributed by atoms with Gasteiger partial charge in [0.2, 0.25) is 0 Å². The number of allylic oxidation sites excluding steroid dienone is 1. The van der Waals surface area contributed by atoms with Gasteiger partial charge in [-0.2, -0.15) is 22.9 Å². The van der Waals surface area contributed by atoms with Gasteiger partial charge >= 0.3 is 21.1 Å². The topological polar surface area (TPSA) is 44.9 Å². The second-order valence-corrected chi connectivity index (χ2v) is 15.5. The molecular weight excluding hydrogens is 804 g/mol. The molecule has 3 heterocycles. The average Bonchev–Trinajstić information content (AvgIpc) is 3.53. The summed E-state index contributed by atoms with van der Waals surface area (Å²) in [5.74, 6) is 3.03. The van der Waals surface area contributed by atoms with Crippen molar-refractivity contribution in [3.8, 4) is 23.0 Å². The third-order valence-electron chi connectivity index (χ3n) is 9.90. The Morgan fingerprint density at radius 3 is 2.41 bits per heavy atom. The molecule has 5 nitrogen and oxygen atoms in total. The Kier molecular flexibility index (Phi) is 9.78. The second-order valence-electron chi connectivity index (χ2n) is 14.5. The number of para-hydroxylation sites is 1. The molecule has 7 rings (SSSR count). The number of fused-ring (bicyclic) bond motifs is 3. The summed E-state index contributed by atoms with van der Waals surface area (Å²) in [6.45, 7) is 17.8. The summed E-state index contributed by atoms with van der Waals surface area (Å²) in [6, 6.07) is 28.2. The van der Waals surface area contributed by atoms with Gasteiger partial charge in [-0.3, -0.25) is 4.68 Å². The molecule has 7 heteroatoms. The number of pyridine rings is 1. The Balaban J connectivity index is 0.00000417. The third-order valence-corrected chi connectivity index (χ3v) is 10.8. The van der Waals surface area contributed by atoms with E-state index in [0.717, 1.165) is 55.8 Å². The van der Waals surface area contributed by atoms with E-state index in [2.05, 4.69) is 138 Å². The van der Waals surface area contributed by atoms with Gasteiger partial charge in [0.15, 0.2) is 0 Å². The molecule has 6 aromatic rings. The molecule has 1 aliphatic rings. The minimum Gasteiger partial charge on any atom is -0.509 e. The standard InChI is InChI=1S/C42H44N4OS.Pt/c1-25-16-17-43-39(18-25)45-37-13-11-10-12-35(37)36-15-14-32(24-38(36)45)47-33-22-30(42(6,7)8)21-31(23-33)46-29(5)41(28(4)44-46)40-26(2)19-34(48-9)20-27(40)3;/h10-19,21-22,27,34,40H,20H2,1-9H3;/q-2;+2/t27-,34-,40?;/m0./s1. The fraction of sp³-hybridized carbons (Fsp3) is 0.333. The fourth-order valence-electron chi connectivity index (χ4n) is 7.50. The zero-order valence-corrected chi connectivity index (χ0v) is 32.9. The van der Waals surface area contributed by atoms with Crippen molar-refractivity contribution in [1.82, 2.24) is 19.3 Å². The number of hydrogen-bond acceptors (Lipinski definition) is 4. The molecule has 49 heavy (non-hydrogen) atoms. The van der Waals surface area contributed by atoms with Crippen molar-refractivity contribution in [2.24, 2.45) is 5.92 Å². The van der Waals surface area contributed by atoms with Crippen molar-refractivity contribution in [2.75, 3.05) is 6.26 Å². The number of aryl methyl sites for hydroxylation is 2. The van der Waals surface area contributed by atoms with Crippen LogP contribution >= 0.6 is 11.8 Å². The third kappa shape index (κ3) is 6.55. The van der Waals surface area contributed by atoms with Gasteiger partial charge in [0.05, 0.1) is 5.69 Å². The quantitative estimate of drug-likeness (QED) is 0.124. The Morgan fingerprint density at radius 1 is 0.918 bits per heavy atom. The van der Waals surface area contributed by atoms with Crippen LogP contribution in [0.4, 0.5) is 0 Å². The molecule has 0 fully saturated rings. The van der Waals surface area contributed by atoms with Gasteiger partial charge in [0.1, 0.15) is 5.82 Å². The van der Waals surface area contributed by atoms with E-state index in [1.807, 2.05) is 30.1 Å². The molecule has 3 aromatic carbocycles. The molecule has 254 valence electrons. The smallest absolute Gasteiger partial charge is 0.509 e. The normalized spacial score (nSPS) is 18.1. The number of thioether (sulfide) groups is 1. The van der Waals surface area contributed by atoms with Crippen molar-refractivity contribution in [2.45, 2.75) is 78.4 Å². The largest absolute Gasteiger partial charge is 2.00 e. The first-order chi connectivity index (χ1) is 22.9. The van der Waals surface area contributed by atoms with Gasteiger partial charge < -0.3 is 9.30 Å². The number of rotatable bonds is 6. The van der Waals surface area contributed by atoms with Crippen molar-refractivity contribution in [3.05, 3.63) is 119 Å². The number of nitrogens with zero attached hydrogens (tertiary/aromatic N) is 4. The molecule has 0 bridgehead atoms. The zero-order valence-electron chi connectivity index (χ0n) is 29.8. The Hall–Kier alpha value is -3.60. The van der Waals surface area contributed by atoms with Crippen LogP contribution in [0.2, 0.25) is 0 Å². The van der Waals surface area contributed by atoms with Crippen LogP contribution in [0.25, 0.3) is 33.3 Å². The maximum Gasteiger partial charge on any atom is 2.00 e. The van der Waals surface area contributed by atoms with Crippen LogP contribution in [0, 0.1) is 38.8 Å². The summed E-state index contributed by atoms with van der Waals surface area (Å²) in [6.07, 6.45) is 7.71. The summed E-state index contributed by atoms with van der Waals surface area (Å²) in [5, 5.41) is 7.97. The van der Waals surface area contributed by atoms with Crippen molar-refractivity contribution < 1.29 is 25.8 Å². The van der Waals surface area contributed by atoms with Crippen LogP contribution in [-0.2, 0) is 26.5 Å². The first kappa shape index (κ1) is 35.2. The van der Waals surface area contributed by atoms with E-state index in [1.165, 1.54) is 17.6 Å². The van der Waals surface area contributed by atoms with E-state index in [-0.39, 0.29) is 26.5 Å². The molecule has 0 N–H and O–H groups in total. The molecule has 3 aromatic heterocycles. The van der Waals surface area contributed by atoms with Gasteiger partial charge in [-0.15, -0.1) is 41.3 Å². The van der Waals surface area contributed by atoms with Crippen molar-refractivity contribution in [3.63, 3.8) is 0 Å². The van der Waals surface area contributed by atoms with E-state index in [9.17, 15) is 0 Å². The molecule has 0 spiro atoms. The maximum absolute atomic E-state index is 6.65. The van der Waals surface area contributed by atoms with Gasteiger partial charge in [0.25, 0.3) is 0 Å². The van der Waals surface area contributed by atoms with Gasteiger partial charge in [-0.1, -0.05) is 63.1 Å². The van der Waals surface area contributed by atoms with E-state index in [4.69, 9.17) is 14.8 Å². The maximum atomic E-state index is 6.65. The number of hydrogen-bond donors (Lipinski definition) is 0. The van der Waals surface area contributed by atoms with E-state index < -0.39 is 0 Å². The molecular formula is C42H44N4OPtS. The Bertz CT molecular complexity index is 2200. The van der Waals surface area contributed by atoms with Crippen LogP contribution < -0.4 is 4.74 Å². The zero-order chi connectivity index (χ0) is 33.9. The van der Waals surface area contributed by atoms with Gasteiger partial charge in [0, 0.05) is 45.6 Å². The average molecular weight is 848 g/mol. The molecule has 3 atom stereocenters. The second kappa shape index (κ2) is 13.6. The minimum absolute atomic E-state index is 0. The van der Waals surface area contributed by atoms with Gasteiger partial charge in [-0.25, -0.2) is 4.98 Å². The molecule has 1 aliphatic carbocycles. The van der Waals surface area contributed by atoms with Crippen LogP contribution in [0.5, 0.6) is 11.5 Å². The van der Waals surface area contributed by atoms with Crippen LogP contribution in [0.15, 0.2) is 78.5 Å². The monoisotopic (exact) mass is 847 g/mol. The van der Waals surface area contributed by atoms with Crippen molar-refractivity contribution in [1.29, 1.82) is 0 Å². The van der Waals surface area contributed by atoms with E-state index >= 15 is 0 Å². The number of ether oxygens (including phenoxy) is 1. The van der Waals surface area contributed by atoms with E-state index in [1.54, 1.807) is 0 Å². The van der Waals surface area contributed by atoms with E-state index in [0.29, 0.717) is 28.6 Å². The first-order valence-corrected chi connectivity index (χ1v) is 18.1. The Morgan fingerprint density at radius 2 is 1.69 bits per heavy atom. The van der Waals surface area contributed by atoms with Crippen molar-refractivity contribution >= 4 is 33.6 Å².